The molecule has 3 rings (SSSR count). The molecule has 2 aliphatic rings. The summed E-state index contributed by atoms with van der Waals surface area (Å²) in [5.41, 5.74) is 0. The predicted octanol–water partition coefficient (Wildman–Crippen LogP) is 2.71. The number of thiophene rings is 1. The summed E-state index contributed by atoms with van der Waals surface area (Å²) < 4.78 is 0. The number of thioether (sulfide) groups is 1. The van der Waals surface area contributed by atoms with Crippen LogP contribution in [0, 0.1) is 10.1 Å². The Labute approximate surface area is 151 Å². The number of carbonyl (C=O) groups excluding carboxylic acids is 3. The van der Waals surface area contributed by atoms with E-state index < -0.39 is 16.1 Å². The number of imide groups is 1. The molecule has 8 nitrogen and oxygen atoms in total. The molecule has 2 fully saturated rings. The van der Waals surface area contributed by atoms with E-state index in [1.54, 1.807) is 4.90 Å². The highest BCUT2D eigenvalue weighted by Crippen LogP contribution is 2.34. The second-order valence-corrected chi connectivity index (χ2v) is 7.73. The molecule has 0 unspecified atom stereocenters. The van der Waals surface area contributed by atoms with Crippen LogP contribution in [0.1, 0.15) is 24.1 Å². The van der Waals surface area contributed by atoms with Gasteiger partial charge in [-0.1, -0.05) is 11.3 Å². The van der Waals surface area contributed by atoms with Crippen molar-refractivity contribution in [1.29, 1.82) is 0 Å². The molecule has 25 heavy (non-hydrogen) atoms. The van der Waals surface area contributed by atoms with E-state index in [9.17, 15) is 24.5 Å². The predicted molar refractivity (Wildman–Crippen MR) is 94.1 cm³/mol. The minimum Gasteiger partial charge on any atom is -0.341 e. The van der Waals surface area contributed by atoms with Gasteiger partial charge >= 0.3 is 5.00 Å². The first-order valence-electron chi connectivity index (χ1n) is 7.73. The Kier molecular flexibility index (Phi) is 5.19. The van der Waals surface area contributed by atoms with Gasteiger partial charge in [-0.15, -0.1) is 0 Å². The van der Waals surface area contributed by atoms with Crippen molar-refractivity contribution in [2.75, 3.05) is 19.6 Å². The van der Waals surface area contributed by atoms with E-state index in [0.29, 0.717) is 18.0 Å². The monoisotopic (exact) mass is 381 g/mol. The van der Waals surface area contributed by atoms with Gasteiger partial charge in [0.25, 0.3) is 11.1 Å². The molecule has 0 saturated carbocycles. The molecule has 0 atom stereocenters. The van der Waals surface area contributed by atoms with Gasteiger partial charge in [0.15, 0.2) is 0 Å². The Hall–Kier alpha value is -2.20. The van der Waals surface area contributed by atoms with Crippen LogP contribution >= 0.6 is 23.1 Å². The Balaban J connectivity index is 1.69. The molecule has 10 heteroatoms. The highest BCUT2D eigenvalue weighted by Gasteiger charge is 2.37. The summed E-state index contributed by atoms with van der Waals surface area (Å²) in [6, 6.07) is 2.87. The van der Waals surface area contributed by atoms with Crippen LogP contribution in [0.5, 0.6) is 0 Å². The summed E-state index contributed by atoms with van der Waals surface area (Å²) in [4.78, 5) is 50.2. The zero-order chi connectivity index (χ0) is 18.0. The van der Waals surface area contributed by atoms with E-state index in [1.165, 1.54) is 18.2 Å². The van der Waals surface area contributed by atoms with Gasteiger partial charge in [0, 0.05) is 24.0 Å². The van der Waals surface area contributed by atoms with Gasteiger partial charge in [-0.25, -0.2) is 0 Å². The molecule has 0 aliphatic carbocycles. The van der Waals surface area contributed by atoms with Crippen molar-refractivity contribution in [2.45, 2.75) is 19.3 Å². The lowest BCUT2D eigenvalue weighted by atomic mass is 10.1. The Bertz CT molecular complexity index is 767. The van der Waals surface area contributed by atoms with Crippen molar-refractivity contribution >= 4 is 51.2 Å². The average molecular weight is 381 g/mol. The topological polar surface area (TPSA) is 101 Å². The maximum absolute atomic E-state index is 12.4. The molecule has 0 radical (unpaired) electrons. The van der Waals surface area contributed by atoms with Gasteiger partial charge in [-0.3, -0.25) is 29.4 Å². The van der Waals surface area contributed by atoms with Gasteiger partial charge in [-0.05, 0) is 43.2 Å². The Morgan fingerprint density at radius 2 is 1.96 bits per heavy atom. The largest absolute Gasteiger partial charge is 0.341 e. The van der Waals surface area contributed by atoms with Gasteiger partial charge in [0.05, 0.1) is 9.83 Å². The number of rotatable bonds is 4. The number of amides is 3. The van der Waals surface area contributed by atoms with E-state index in [1.807, 2.05) is 0 Å². The van der Waals surface area contributed by atoms with E-state index in [2.05, 4.69) is 0 Å². The third-order valence-electron chi connectivity index (χ3n) is 3.94. The minimum absolute atomic E-state index is 0.0363. The second-order valence-electron chi connectivity index (χ2n) is 5.64. The maximum Gasteiger partial charge on any atom is 0.324 e. The van der Waals surface area contributed by atoms with Crippen molar-refractivity contribution in [2.24, 2.45) is 0 Å². The maximum atomic E-state index is 12.4. The van der Waals surface area contributed by atoms with Gasteiger partial charge in [-0.2, -0.15) is 0 Å². The van der Waals surface area contributed by atoms with E-state index in [-0.39, 0.29) is 22.4 Å². The molecule has 2 saturated heterocycles. The lowest BCUT2D eigenvalue weighted by molar-refractivity contribution is -0.380. The highest BCUT2D eigenvalue weighted by molar-refractivity contribution is 8.18. The first-order chi connectivity index (χ1) is 12.0. The average Bonchev–Trinajstić information content (AvgIpc) is 3.16. The van der Waals surface area contributed by atoms with E-state index in [0.717, 1.165) is 47.3 Å². The first-order valence-corrected chi connectivity index (χ1v) is 9.36. The van der Waals surface area contributed by atoms with Crippen LogP contribution in [-0.2, 0) is 9.59 Å². The molecule has 2 aliphatic heterocycles. The molecule has 0 N–H and O–H groups in total. The van der Waals surface area contributed by atoms with Gasteiger partial charge < -0.3 is 4.90 Å². The summed E-state index contributed by atoms with van der Waals surface area (Å²) in [6.07, 6.45) is 4.41. The fourth-order valence-electron chi connectivity index (χ4n) is 2.66. The molecule has 3 amide bonds. The molecule has 3 heterocycles. The van der Waals surface area contributed by atoms with Crippen molar-refractivity contribution < 1.29 is 19.3 Å². The third kappa shape index (κ3) is 3.90. The summed E-state index contributed by atoms with van der Waals surface area (Å²) in [6.45, 7) is 1.06. The SMILES string of the molecule is O=C(CN1C(=O)S/C(=C\c2ccc([N+](=O)[O-])s2)C1=O)N1CCCCC1. The van der Waals surface area contributed by atoms with Crippen molar-refractivity contribution in [3.63, 3.8) is 0 Å². The molecule has 0 aromatic carbocycles. The zero-order valence-electron chi connectivity index (χ0n) is 13.2. The normalized spacial score (nSPS) is 19.8. The Morgan fingerprint density at radius 1 is 1.24 bits per heavy atom. The van der Waals surface area contributed by atoms with Gasteiger partial charge in [0.2, 0.25) is 5.91 Å². The third-order valence-corrected chi connectivity index (χ3v) is 5.83. The Morgan fingerprint density at radius 3 is 2.60 bits per heavy atom. The molecule has 0 spiro atoms. The number of carbonyl (C=O) groups is 3. The number of likely N-dealkylation sites (tertiary alicyclic amines) is 1. The molecule has 1 aromatic rings. The molecule has 132 valence electrons. The van der Waals surface area contributed by atoms with Crippen LogP contribution in [0.3, 0.4) is 0 Å². The number of nitrogens with zero attached hydrogens (tertiary/aromatic N) is 3. The van der Waals surface area contributed by atoms with E-state index >= 15 is 0 Å². The smallest absolute Gasteiger partial charge is 0.324 e. The quantitative estimate of drug-likeness (QED) is 0.451. The summed E-state index contributed by atoms with van der Waals surface area (Å²) in [7, 11) is 0. The van der Waals surface area contributed by atoms with Crippen molar-refractivity contribution in [3.8, 4) is 0 Å². The lowest BCUT2D eigenvalue weighted by Gasteiger charge is -2.27. The fraction of sp³-hybridized carbons (Fsp3) is 0.400. The van der Waals surface area contributed by atoms with Crippen LogP contribution in [0.2, 0.25) is 0 Å². The van der Waals surface area contributed by atoms with Crippen LogP contribution < -0.4 is 0 Å². The van der Waals surface area contributed by atoms with Crippen LogP contribution in [0.4, 0.5) is 9.80 Å². The summed E-state index contributed by atoms with van der Waals surface area (Å²) in [5, 5.41) is 10.2. The standard InChI is InChI=1S/C15H15N3O5S2/c19-12(16-6-2-1-3-7-16)9-17-14(20)11(25-15(17)21)8-10-4-5-13(24-10)18(22)23/h4-5,8H,1-3,6-7,9H2/b11-8-. The highest BCUT2D eigenvalue weighted by atomic mass is 32.2. The number of nitro groups is 1. The van der Waals surface area contributed by atoms with Crippen molar-refractivity contribution in [3.05, 3.63) is 32.0 Å². The number of hydrogen-bond donors (Lipinski definition) is 0. The lowest BCUT2D eigenvalue weighted by Crippen LogP contribution is -2.44. The summed E-state index contributed by atoms with van der Waals surface area (Å²) >= 11 is 1.67. The number of hydrogen-bond acceptors (Lipinski definition) is 7. The first kappa shape index (κ1) is 17.6. The van der Waals surface area contributed by atoms with Crippen molar-refractivity contribution in [1.82, 2.24) is 9.80 Å². The molecular formula is C15H15N3O5S2. The molecule has 1 aromatic heterocycles. The second kappa shape index (κ2) is 7.36. The molecule has 0 bridgehead atoms. The minimum atomic E-state index is -0.531. The zero-order valence-corrected chi connectivity index (χ0v) is 14.8. The van der Waals surface area contributed by atoms with E-state index in [4.69, 9.17) is 0 Å². The van der Waals surface area contributed by atoms with Crippen LogP contribution in [-0.4, -0.2) is 51.4 Å². The fourth-order valence-corrected chi connectivity index (χ4v) is 4.33. The molecular weight excluding hydrogens is 366 g/mol. The van der Waals surface area contributed by atoms with Gasteiger partial charge in [0.1, 0.15) is 6.54 Å². The number of piperidine rings is 1. The van der Waals surface area contributed by atoms with Crippen LogP contribution in [0.15, 0.2) is 17.0 Å². The summed E-state index contributed by atoms with van der Waals surface area (Å²) in [5.74, 6) is -0.758. The van der Waals surface area contributed by atoms with Crippen LogP contribution in [0.25, 0.3) is 6.08 Å².